The van der Waals surface area contributed by atoms with E-state index >= 15 is 0 Å². The molecule has 0 spiro atoms. The Balaban J connectivity index is 2.22. The smallest absolute Gasteiger partial charge is 0.365 e. The molecule has 5 N–H and O–H groups in total. The molecule has 1 fully saturated rings. The lowest BCUT2D eigenvalue weighted by Crippen LogP contribution is -2.23. The molecule has 2 heterocycles. The number of nitrogens with two attached hydrogens (primary N) is 1. The number of nitrogen functional groups attached to an aromatic ring is 1. The summed E-state index contributed by atoms with van der Waals surface area (Å²) < 4.78 is 38.0. The highest BCUT2D eigenvalue weighted by Gasteiger charge is 2.32. The molecule has 0 radical (unpaired) electrons. The maximum atomic E-state index is 12.7. The standard InChI is InChI=1S/C10H12F3N5O/c11-10(12,13)5-1-7(17-8(2-5)18-14)16-6-3-9(19)15-4-6/h1-2,6H,3-4,14H2,(H,15,19)(H2,16,17,18). The topological polar surface area (TPSA) is 92.1 Å². The molecule has 9 heteroatoms. The Morgan fingerprint density at radius 1 is 1.37 bits per heavy atom. The molecule has 0 saturated carbocycles. The van der Waals surface area contributed by atoms with Crippen LogP contribution in [-0.4, -0.2) is 23.5 Å². The number of anilines is 2. The minimum Gasteiger partial charge on any atom is -0.365 e. The van der Waals surface area contributed by atoms with Gasteiger partial charge in [-0.25, -0.2) is 10.8 Å². The van der Waals surface area contributed by atoms with Crippen LogP contribution in [0, 0.1) is 0 Å². The highest BCUT2D eigenvalue weighted by atomic mass is 19.4. The summed E-state index contributed by atoms with van der Waals surface area (Å²) in [5.74, 6) is 4.85. The second kappa shape index (κ2) is 4.92. The van der Waals surface area contributed by atoms with Crippen LogP contribution in [0.3, 0.4) is 0 Å². The average Bonchev–Trinajstić information content (AvgIpc) is 2.73. The fraction of sp³-hybridized carbons (Fsp3) is 0.400. The van der Waals surface area contributed by atoms with Crippen LogP contribution in [0.1, 0.15) is 12.0 Å². The molecule has 1 unspecified atom stereocenters. The fourth-order valence-corrected chi connectivity index (χ4v) is 1.76. The van der Waals surface area contributed by atoms with Gasteiger partial charge in [-0.1, -0.05) is 0 Å². The van der Waals surface area contributed by atoms with Gasteiger partial charge in [0.05, 0.1) is 11.6 Å². The van der Waals surface area contributed by atoms with Gasteiger partial charge in [-0.2, -0.15) is 13.2 Å². The largest absolute Gasteiger partial charge is 0.416 e. The number of halogens is 3. The summed E-state index contributed by atoms with van der Waals surface area (Å²) >= 11 is 0. The first kappa shape index (κ1) is 13.4. The van der Waals surface area contributed by atoms with Crippen LogP contribution in [0.5, 0.6) is 0 Å². The highest BCUT2D eigenvalue weighted by molar-refractivity contribution is 5.79. The zero-order valence-corrected chi connectivity index (χ0v) is 9.71. The number of carbonyl (C=O) groups is 1. The van der Waals surface area contributed by atoms with E-state index in [9.17, 15) is 18.0 Å². The minimum absolute atomic E-state index is 0.0178. The van der Waals surface area contributed by atoms with Crippen molar-refractivity contribution in [2.75, 3.05) is 17.3 Å². The summed E-state index contributed by atoms with van der Waals surface area (Å²) in [6.07, 6.45) is -4.29. The molecule has 0 aliphatic carbocycles. The van der Waals surface area contributed by atoms with Crippen molar-refractivity contribution in [1.29, 1.82) is 0 Å². The first-order valence-electron chi connectivity index (χ1n) is 5.47. The molecule has 1 aliphatic heterocycles. The third-order valence-electron chi connectivity index (χ3n) is 2.63. The number of nitrogens with zero attached hydrogens (tertiary/aromatic N) is 1. The Morgan fingerprint density at radius 2 is 2.05 bits per heavy atom. The zero-order valence-electron chi connectivity index (χ0n) is 9.71. The lowest BCUT2D eigenvalue weighted by atomic mass is 10.2. The van der Waals surface area contributed by atoms with Crippen molar-refractivity contribution in [3.8, 4) is 0 Å². The van der Waals surface area contributed by atoms with Crippen molar-refractivity contribution < 1.29 is 18.0 Å². The molecule has 19 heavy (non-hydrogen) atoms. The van der Waals surface area contributed by atoms with Crippen LogP contribution >= 0.6 is 0 Å². The van der Waals surface area contributed by atoms with E-state index in [0.717, 1.165) is 12.1 Å². The van der Waals surface area contributed by atoms with E-state index in [0.29, 0.717) is 6.54 Å². The van der Waals surface area contributed by atoms with E-state index < -0.39 is 11.7 Å². The molecule has 1 aromatic heterocycles. The molecular weight excluding hydrogens is 263 g/mol. The quantitative estimate of drug-likeness (QED) is 0.481. The zero-order chi connectivity index (χ0) is 14.0. The Morgan fingerprint density at radius 3 is 2.58 bits per heavy atom. The number of aromatic nitrogens is 1. The van der Waals surface area contributed by atoms with E-state index in [2.05, 4.69) is 21.0 Å². The van der Waals surface area contributed by atoms with Crippen molar-refractivity contribution in [3.63, 3.8) is 0 Å². The number of hydrazine groups is 1. The molecular formula is C10H12F3N5O. The van der Waals surface area contributed by atoms with Crippen molar-refractivity contribution >= 4 is 17.5 Å². The van der Waals surface area contributed by atoms with E-state index in [4.69, 9.17) is 5.84 Å². The predicted molar refractivity (Wildman–Crippen MR) is 62.1 cm³/mol. The molecule has 1 aliphatic rings. The first-order valence-corrected chi connectivity index (χ1v) is 5.47. The number of alkyl halides is 3. The van der Waals surface area contributed by atoms with Crippen LogP contribution in [0.4, 0.5) is 24.8 Å². The maximum Gasteiger partial charge on any atom is 0.416 e. The van der Waals surface area contributed by atoms with E-state index in [1.165, 1.54) is 0 Å². The Bertz CT molecular complexity index is 491. The van der Waals surface area contributed by atoms with Crippen LogP contribution in [0.25, 0.3) is 0 Å². The van der Waals surface area contributed by atoms with Crippen LogP contribution in [0.15, 0.2) is 12.1 Å². The van der Waals surface area contributed by atoms with Crippen LogP contribution in [0.2, 0.25) is 0 Å². The van der Waals surface area contributed by atoms with Gasteiger partial charge in [0, 0.05) is 13.0 Å². The van der Waals surface area contributed by atoms with Gasteiger partial charge in [0.2, 0.25) is 5.91 Å². The van der Waals surface area contributed by atoms with Crippen molar-refractivity contribution in [2.45, 2.75) is 18.6 Å². The third kappa shape index (κ3) is 3.25. The van der Waals surface area contributed by atoms with Crippen LogP contribution in [-0.2, 0) is 11.0 Å². The summed E-state index contributed by atoms with van der Waals surface area (Å²) in [5.41, 5.74) is 1.21. The van der Waals surface area contributed by atoms with Gasteiger partial charge in [0.25, 0.3) is 0 Å². The minimum atomic E-state index is -4.49. The van der Waals surface area contributed by atoms with E-state index in [-0.39, 0.29) is 30.0 Å². The van der Waals surface area contributed by atoms with Gasteiger partial charge in [-0.15, -0.1) is 0 Å². The lowest BCUT2D eigenvalue weighted by Gasteiger charge is -2.15. The summed E-state index contributed by atoms with van der Waals surface area (Å²) in [6, 6.07) is 1.40. The van der Waals surface area contributed by atoms with Gasteiger partial charge >= 0.3 is 6.18 Å². The van der Waals surface area contributed by atoms with Gasteiger partial charge in [0.15, 0.2) is 0 Å². The number of pyridine rings is 1. The van der Waals surface area contributed by atoms with Crippen molar-refractivity contribution in [1.82, 2.24) is 10.3 Å². The Hall–Kier alpha value is -2.03. The average molecular weight is 275 g/mol. The van der Waals surface area contributed by atoms with E-state index in [1.54, 1.807) is 0 Å². The van der Waals surface area contributed by atoms with Crippen molar-refractivity contribution in [3.05, 3.63) is 17.7 Å². The first-order chi connectivity index (χ1) is 8.88. The number of carbonyl (C=O) groups excluding carboxylic acids is 1. The number of amides is 1. The molecule has 1 atom stereocenters. The lowest BCUT2D eigenvalue weighted by molar-refractivity contribution is -0.137. The predicted octanol–water partition coefficient (Wildman–Crippen LogP) is 0.686. The maximum absolute atomic E-state index is 12.7. The SMILES string of the molecule is NNc1cc(C(F)(F)F)cc(NC2CNC(=O)C2)n1. The molecule has 104 valence electrons. The fourth-order valence-electron chi connectivity index (χ4n) is 1.76. The Kier molecular flexibility index (Phi) is 3.47. The van der Waals surface area contributed by atoms with Crippen LogP contribution < -0.4 is 21.9 Å². The highest BCUT2D eigenvalue weighted by Crippen LogP contribution is 2.32. The van der Waals surface area contributed by atoms with Crippen molar-refractivity contribution in [2.24, 2.45) is 5.84 Å². The molecule has 0 bridgehead atoms. The number of nitrogens with one attached hydrogen (secondary N) is 3. The molecule has 1 amide bonds. The summed E-state index contributed by atoms with van der Waals surface area (Å²) in [6.45, 7) is 0.349. The molecule has 2 rings (SSSR count). The number of rotatable bonds is 3. The van der Waals surface area contributed by atoms with Gasteiger partial charge in [-0.05, 0) is 12.1 Å². The normalized spacial score (nSPS) is 19.2. The monoisotopic (exact) mass is 275 g/mol. The summed E-state index contributed by atoms with van der Waals surface area (Å²) in [5, 5.41) is 5.34. The molecule has 1 saturated heterocycles. The number of hydrogen-bond acceptors (Lipinski definition) is 5. The number of hydrogen-bond donors (Lipinski definition) is 4. The second-order valence-electron chi connectivity index (χ2n) is 4.12. The molecule has 0 aromatic carbocycles. The second-order valence-corrected chi connectivity index (χ2v) is 4.12. The molecule has 1 aromatic rings. The van der Waals surface area contributed by atoms with Gasteiger partial charge < -0.3 is 16.1 Å². The Labute approximate surface area is 106 Å². The summed E-state index contributed by atoms with van der Waals surface area (Å²) in [7, 11) is 0. The summed E-state index contributed by atoms with van der Waals surface area (Å²) in [4.78, 5) is 14.9. The third-order valence-corrected chi connectivity index (χ3v) is 2.63. The molecule has 6 nitrogen and oxygen atoms in total. The van der Waals surface area contributed by atoms with Gasteiger partial charge in [0.1, 0.15) is 11.6 Å². The van der Waals surface area contributed by atoms with Gasteiger partial charge in [-0.3, -0.25) is 4.79 Å². The van der Waals surface area contributed by atoms with E-state index in [1.807, 2.05) is 0 Å².